The van der Waals surface area contributed by atoms with E-state index in [-0.39, 0.29) is 5.60 Å². The third kappa shape index (κ3) is 3.44. The molecular formula is C13H28N2O. The van der Waals surface area contributed by atoms with Gasteiger partial charge in [0.15, 0.2) is 0 Å². The lowest BCUT2D eigenvalue weighted by Crippen LogP contribution is -2.48. The highest BCUT2D eigenvalue weighted by Crippen LogP contribution is 2.39. The van der Waals surface area contributed by atoms with Gasteiger partial charge >= 0.3 is 0 Å². The lowest BCUT2D eigenvalue weighted by atomic mass is 9.74. The number of nitrogens with one attached hydrogen (secondary N) is 1. The molecule has 16 heavy (non-hydrogen) atoms. The number of ether oxygens (including phenoxy) is 1. The van der Waals surface area contributed by atoms with Crippen molar-refractivity contribution in [2.75, 3.05) is 7.11 Å². The molecule has 1 rings (SSSR count). The normalized spacial score (nSPS) is 20.8. The predicted molar refractivity (Wildman–Crippen MR) is 68.0 cm³/mol. The maximum Gasteiger partial charge on any atom is 0.0694 e. The Labute approximate surface area is 100 Å². The van der Waals surface area contributed by atoms with Crippen LogP contribution in [0.15, 0.2) is 0 Å². The van der Waals surface area contributed by atoms with Crippen molar-refractivity contribution in [2.45, 2.75) is 70.4 Å². The fourth-order valence-electron chi connectivity index (χ4n) is 2.75. The molecule has 1 aliphatic rings. The molecule has 1 saturated carbocycles. The van der Waals surface area contributed by atoms with Gasteiger partial charge in [-0.1, -0.05) is 26.7 Å². The lowest BCUT2D eigenvalue weighted by Gasteiger charge is -2.43. The molecule has 1 fully saturated rings. The molecule has 0 aliphatic heterocycles. The quantitative estimate of drug-likeness (QED) is 0.496. The van der Waals surface area contributed by atoms with Gasteiger partial charge in [-0.3, -0.25) is 11.3 Å². The first-order valence-electron chi connectivity index (χ1n) is 6.71. The molecule has 3 nitrogen and oxygen atoms in total. The van der Waals surface area contributed by atoms with E-state index in [1.54, 1.807) is 0 Å². The molecule has 1 atom stereocenters. The molecule has 0 spiro atoms. The second kappa shape index (κ2) is 6.58. The Morgan fingerprint density at radius 3 is 2.25 bits per heavy atom. The monoisotopic (exact) mass is 228 g/mol. The fourth-order valence-corrected chi connectivity index (χ4v) is 2.75. The highest BCUT2D eigenvalue weighted by Gasteiger charge is 2.39. The molecule has 1 unspecified atom stereocenters. The maximum absolute atomic E-state index is 5.67. The van der Waals surface area contributed by atoms with Gasteiger partial charge in [-0.15, -0.1) is 0 Å². The van der Waals surface area contributed by atoms with Crippen LogP contribution < -0.4 is 11.3 Å². The van der Waals surface area contributed by atoms with E-state index in [4.69, 9.17) is 10.6 Å². The van der Waals surface area contributed by atoms with Crippen LogP contribution in [0, 0.1) is 5.92 Å². The van der Waals surface area contributed by atoms with Crippen molar-refractivity contribution in [3.05, 3.63) is 0 Å². The van der Waals surface area contributed by atoms with Crippen molar-refractivity contribution in [2.24, 2.45) is 11.8 Å². The van der Waals surface area contributed by atoms with Crippen LogP contribution in [0.4, 0.5) is 0 Å². The van der Waals surface area contributed by atoms with E-state index in [2.05, 4.69) is 19.3 Å². The molecule has 0 heterocycles. The largest absolute Gasteiger partial charge is 0.378 e. The zero-order chi connectivity index (χ0) is 12.0. The summed E-state index contributed by atoms with van der Waals surface area (Å²) in [6.45, 7) is 4.52. The Balaban J connectivity index is 2.41. The van der Waals surface area contributed by atoms with Gasteiger partial charge < -0.3 is 4.74 Å². The molecule has 0 bridgehead atoms. The van der Waals surface area contributed by atoms with Crippen LogP contribution >= 0.6 is 0 Å². The van der Waals surface area contributed by atoms with E-state index in [9.17, 15) is 0 Å². The predicted octanol–water partition coefficient (Wildman–Crippen LogP) is 2.60. The summed E-state index contributed by atoms with van der Waals surface area (Å²) in [5, 5.41) is 0. The zero-order valence-electron chi connectivity index (χ0n) is 11.1. The second-order valence-electron chi connectivity index (χ2n) is 5.23. The van der Waals surface area contributed by atoms with E-state index >= 15 is 0 Å². The van der Waals surface area contributed by atoms with E-state index < -0.39 is 0 Å². The smallest absolute Gasteiger partial charge is 0.0694 e. The third-order valence-electron chi connectivity index (χ3n) is 4.32. The van der Waals surface area contributed by atoms with Crippen LogP contribution in [0.1, 0.15) is 58.8 Å². The number of rotatable bonds is 8. The molecule has 1 aliphatic carbocycles. The summed E-state index contributed by atoms with van der Waals surface area (Å²) >= 11 is 0. The first kappa shape index (κ1) is 13.9. The summed E-state index contributed by atoms with van der Waals surface area (Å²) in [4.78, 5) is 0. The molecule has 0 aromatic heterocycles. The minimum atomic E-state index is 0.128. The van der Waals surface area contributed by atoms with E-state index in [0.717, 1.165) is 12.3 Å². The minimum absolute atomic E-state index is 0.128. The number of hydrogen-bond acceptors (Lipinski definition) is 3. The highest BCUT2D eigenvalue weighted by molar-refractivity contribution is 4.93. The first-order chi connectivity index (χ1) is 7.69. The average Bonchev–Trinajstić information content (AvgIpc) is 2.28. The van der Waals surface area contributed by atoms with E-state index in [1.165, 1.54) is 38.5 Å². The van der Waals surface area contributed by atoms with Gasteiger partial charge in [-0.25, -0.2) is 0 Å². The van der Waals surface area contributed by atoms with Gasteiger partial charge in [0.05, 0.1) is 5.60 Å². The van der Waals surface area contributed by atoms with E-state index in [1.807, 2.05) is 7.11 Å². The zero-order valence-corrected chi connectivity index (χ0v) is 11.1. The molecule has 3 N–H and O–H groups in total. The molecule has 0 amide bonds. The molecular weight excluding hydrogens is 200 g/mol. The van der Waals surface area contributed by atoms with Crippen LogP contribution in [-0.4, -0.2) is 18.8 Å². The number of hydrogen-bond donors (Lipinski definition) is 2. The van der Waals surface area contributed by atoms with Gasteiger partial charge in [0.25, 0.3) is 0 Å². The summed E-state index contributed by atoms with van der Waals surface area (Å²) in [5.41, 5.74) is 3.11. The van der Waals surface area contributed by atoms with Crippen molar-refractivity contribution in [1.82, 2.24) is 5.43 Å². The summed E-state index contributed by atoms with van der Waals surface area (Å²) in [7, 11) is 1.84. The molecule has 3 heteroatoms. The van der Waals surface area contributed by atoms with Gasteiger partial charge in [0.2, 0.25) is 0 Å². The van der Waals surface area contributed by atoms with Gasteiger partial charge in [0.1, 0.15) is 0 Å². The van der Waals surface area contributed by atoms with Crippen LogP contribution in [0.5, 0.6) is 0 Å². The van der Waals surface area contributed by atoms with Crippen LogP contribution in [0.2, 0.25) is 0 Å². The van der Waals surface area contributed by atoms with E-state index in [0.29, 0.717) is 6.04 Å². The first-order valence-corrected chi connectivity index (χ1v) is 6.71. The van der Waals surface area contributed by atoms with Crippen molar-refractivity contribution < 1.29 is 4.74 Å². The van der Waals surface area contributed by atoms with Crippen molar-refractivity contribution in [1.29, 1.82) is 0 Å². The summed E-state index contributed by atoms with van der Waals surface area (Å²) in [6, 6.07) is 0.408. The van der Waals surface area contributed by atoms with Crippen molar-refractivity contribution in [3.63, 3.8) is 0 Å². The molecule has 0 radical (unpaired) electrons. The number of hydrazine groups is 1. The summed E-state index contributed by atoms with van der Waals surface area (Å²) in [6.07, 6.45) is 8.43. The Morgan fingerprint density at radius 2 is 1.94 bits per heavy atom. The fraction of sp³-hybridized carbons (Fsp3) is 1.00. The SMILES string of the molecule is CCC(CC)CC(CC1(OC)CCC1)NN. The summed E-state index contributed by atoms with van der Waals surface area (Å²) < 4.78 is 5.66. The lowest BCUT2D eigenvalue weighted by molar-refractivity contribution is -0.0847. The van der Waals surface area contributed by atoms with Crippen molar-refractivity contribution >= 4 is 0 Å². The number of methoxy groups -OCH3 is 1. The topological polar surface area (TPSA) is 47.3 Å². The standard InChI is InChI=1S/C13H28N2O/c1-4-11(5-2)9-12(15-14)10-13(16-3)7-6-8-13/h11-12,15H,4-10,14H2,1-3H3. The van der Waals surface area contributed by atoms with Crippen molar-refractivity contribution in [3.8, 4) is 0 Å². The third-order valence-corrected chi connectivity index (χ3v) is 4.32. The van der Waals surface area contributed by atoms with Crippen LogP contribution in [0.25, 0.3) is 0 Å². The van der Waals surface area contributed by atoms with Gasteiger partial charge in [0, 0.05) is 13.2 Å². The van der Waals surface area contributed by atoms with Gasteiger partial charge in [-0.05, 0) is 38.0 Å². The molecule has 0 aromatic carbocycles. The average molecular weight is 228 g/mol. The Morgan fingerprint density at radius 1 is 1.31 bits per heavy atom. The summed E-state index contributed by atoms with van der Waals surface area (Å²) in [5.74, 6) is 6.45. The van der Waals surface area contributed by atoms with Crippen LogP contribution in [0.3, 0.4) is 0 Å². The molecule has 0 aromatic rings. The Hall–Kier alpha value is -0.120. The minimum Gasteiger partial charge on any atom is -0.378 e. The second-order valence-corrected chi connectivity index (χ2v) is 5.23. The highest BCUT2D eigenvalue weighted by atomic mass is 16.5. The molecule has 96 valence electrons. The van der Waals surface area contributed by atoms with Crippen LogP contribution in [-0.2, 0) is 4.74 Å². The molecule has 0 saturated heterocycles. The van der Waals surface area contributed by atoms with Gasteiger partial charge in [-0.2, -0.15) is 0 Å². The number of nitrogens with two attached hydrogens (primary N) is 1. The Bertz CT molecular complexity index is 183. The Kier molecular flexibility index (Phi) is 5.73. The maximum atomic E-state index is 5.67.